The minimum Gasteiger partial charge on any atom is -0.478 e. The number of Topliss-reactive ketones (excluding diaryl/α,β-unsaturated/α-hetero) is 1. The van der Waals surface area contributed by atoms with Crippen LogP contribution in [0, 0.1) is 0 Å². The van der Waals surface area contributed by atoms with E-state index >= 15 is 0 Å². The average Bonchev–Trinajstić information content (AvgIpc) is 2.44. The normalized spacial score (nSPS) is 9.32. The number of rotatable bonds is 5. The van der Waals surface area contributed by atoms with E-state index in [1.54, 1.807) is 24.3 Å². The Morgan fingerprint density at radius 1 is 1.14 bits per heavy atom. The van der Waals surface area contributed by atoms with Crippen LogP contribution in [0.5, 0.6) is 0 Å². The van der Waals surface area contributed by atoms with Gasteiger partial charge in [0.25, 0.3) is 0 Å². The molecule has 0 atom stereocenters. The maximum Gasteiger partial charge on any atom is 0.328 e. The van der Waals surface area contributed by atoms with Crippen LogP contribution in [0.3, 0.4) is 0 Å². The lowest BCUT2D eigenvalue weighted by molar-refractivity contribution is -0.131. The summed E-state index contributed by atoms with van der Waals surface area (Å²) < 4.78 is 0. The second-order valence-electron chi connectivity index (χ2n) is 4.53. The van der Waals surface area contributed by atoms with E-state index < -0.39 is 5.97 Å². The number of carbonyl (C=O) groups excluding carboxylic acids is 1. The molecule has 0 saturated heterocycles. The number of carbonyl (C=O) groups is 2. The van der Waals surface area contributed by atoms with Crippen molar-refractivity contribution in [3.63, 3.8) is 0 Å². The molecule has 0 amide bonds. The summed E-state index contributed by atoms with van der Waals surface area (Å²) in [5, 5.41) is 8.96. The van der Waals surface area contributed by atoms with E-state index in [0.29, 0.717) is 5.02 Å². The summed E-state index contributed by atoms with van der Waals surface area (Å²) in [6, 6.07) is 6.93. The Balaban J connectivity index is 0. The van der Waals surface area contributed by atoms with Gasteiger partial charge < -0.3 is 9.90 Å². The van der Waals surface area contributed by atoms with E-state index in [0.717, 1.165) is 17.5 Å². The average molecular weight is 347 g/mol. The maximum atomic E-state index is 10.1. The van der Waals surface area contributed by atoms with Crippen molar-refractivity contribution in [1.82, 2.24) is 0 Å². The Morgan fingerprint density at radius 2 is 1.64 bits per heavy atom. The van der Waals surface area contributed by atoms with Crippen molar-refractivity contribution in [3.05, 3.63) is 40.9 Å². The molecule has 0 heterocycles. The Hall–Kier alpha value is -1.32. The molecule has 1 N–H and O–H groups in total. The molecule has 0 aliphatic rings. The van der Waals surface area contributed by atoms with E-state index in [4.69, 9.17) is 28.3 Å². The molecule has 0 fully saturated rings. The summed E-state index contributed by atoms with van der Waals surface area (Å²) in [6.45, 7) is 5.23. The largest absolute Gasteiger partial charge is 0.478 e. The van der Waals surface area contributed by atoms with Gasteiger partial charge in [0.2, 0.25) is 0 Å². The Kier molecular flexibility index (Phi) is 16.8. The van der Waals surface area contributed by atoms with Crippen molar-refractivity contribution >= 4 is 41.0 Å². The van der Waals surface area contributed by atoms with Crippen LogP contribution in [0.25, 0.3) is 6.08 Å². The summed E-state index contributed by atoms with van der Waals surface area (Å²) in [5.74, 6) is 0.0401. The third kappa shape index (κ3) is 21.0. The van der Waals surface area contributed by atoms with Gasteiger partial charge in [0, 0.05) is 17.0 Å². The molecule has 22 heavy (non-hydrogen) atoms. The minimum atomic E-state index is -0.954. The molecule has 1 aromatic carbocycles. The summed E-state index contributed by atoms with van der Waals surface area (Å²) in [7, 11) is 0. The number of halogens is 2. The molecule has 0 saturated carbocycles. The van der Waals surface area contributed by atoms with Crippen molar-refractivity contribution in [2.45, 2.75) is 40.0 Å². The molecule has 1 rings (SSSR count). The van der Waals surface area contributed by atoms with Gasteiger partial charge in [-0.15, -0.1) is 11.6 Å². The number of ketones is 1. The van der Waals surface area contributed by atoms with Crippen LogP contribution in [0.15, 0.2) is 30.3 Å². The van der Waals surface area contributed by atoms with Crippen molar-refractivity contribution in [3.8, 4) is 0 Å². The van der Waals surface area contributed by atoms with Gasteiger partial charge in [-0.25, -0.2) is 4.79 Å². The SMILES string of the molecule is CC(C)=O.CCCCCCl.O=C(O)C=Cc1ccc(Cl)cc1. The molecule has 0 aliphatic heterocycles. The number of hydrogen-bond donors (Lipinski definition) is 1. The lowest BCUT2D eigenvalue weighted by atomic mass is 10.2. The number of carboxylic acid groups (broad SMARTS) is 1. The van der Waals surface area contributed by atoms with Crippen molar-refractivity contribution < 1.29 is 14.7 Å². The summed E-state index contributed by atoms with van der Waals surface area (Å²) >= 11 is 11.0. The molecule has 0 aliphatic carbocycles. The number of alkyl halides is 1. The quantitative estimate of drug-likeness (QED) is 0.438. The van der Waals surface area contributed by atoms with Crippen LogP contribution >= 0.6 is 23.2 Å². The Bertz CT molecular complexity index is 432. The van der Waals surface area contributed by atoms with Gasteiger partial charge in [-0.1, -0.05) is 43.5 Å². The van der Waals surface area contributed by atoms with Crippen molar-refractivity contribution in [2.24, 2.45) is 0 Å². The first kappa shape index (κ1) is 23.0. The first-order valence-electron chi connectivity index (χ1n) is 7.03. The fourth-order valence-corrected chi connectivity index (χ4v) is 1.40. The predicted molar refractivity (Wildman–Crippen MR) is 94.7 cm³/mol. The highest BCUT2D eigenvalue weighted by molar-refractivity contribution is 6.30. The van der Waals surface area contributed by atoms with E-state index in [9.17, 15) is 9.59 Å². The smallest absolute Gasteiger partial charge is 0.328 e. The topological polar surface area (TPSA) is 54.4 Å². The maximum absolute atomic E-state index is 10.1. The van der Waals surface area contributed by atoms with E-state index in [1.807, 2.05) is 0 Å². The number of carboxylic acids is 1. The highest BCUT2D eigenvalue weighted by atomic mass is 35.5. The molecule has 3 nitrogen and oxygen atoms in total. The molecule has 124 valence electrons. The molecule has 0 radical (unpaired) electrons. The van der Waals surface area contributed by atoms with Crippen LogP contribution in [-0.2, 0) is 9.59 Å². The third-order valence-electron chi connectivity index (χ3n) is 2.03. The van der Waals surface area contributed by atoms with Gasteiger partial charge in [-0.05, 0) is 44.0 Å². The number of aliphatic carboxylic acids is 1. The molecular formula is C17H24Cl2O3. The van der Waals surface area contributed by atoms with Crippen molar-refractivity contribution in [1.29, 1.82) is 0 Å². The van der Waals surface area contributed by atoms with E-state index in [1.165, 1.54) is 39.2 Å². The predicted octanol–water partition coefficient (Wildman–Crippen LogP) is 5.45. The lowest BCUT2D eigenvalue weighted by Crippen LogP contribution is -1.85. The zero-order valence-electron chi connectivity index (χ0n) is 13.3. The van der Waals surface area contributed by atoms with E-state index in [2.05, 4.69) is 6.92 Å². The van der Waals surface area contributed by atoms with Gasteiger partial charge >= 0.3 is 5.97 Å². The zero-order chi connectivity index (χ0) is 17.4. The third-order valence-corrected chi connectivity index (χ3v) is 2.54. The zero-order valence-corrected chi connectivity index (χ0v) is 14.8. The fraction of sp³-hybridized carbons (Fsp3) is 0.412. The van der Waals surface area contributed by atoms with Crippen LogP contribution in [0.4, 0.5) is 0 Å². The summed E-state index contributed by atoms with van der Waals surface area (Å²) in [6.07, 6.45) is 6.33. The van der Waals surface area contributed by atoms with Gasteiger partial charge in [0.15, 0.2) is 0 Å². The summed E-state index contributed by atoms with van der Waals surface area (Å²) in [4.78, 5) is 19.6. The summed E-state index contributed by atoms with van der Waals surface area (Å²) in [5.41, 5.74) is 0.821. The fourth-order valence-electron chi connectivity index (χ4n) is 1.09. The highest BCUT2D eigenvalue weighted by Gasteiger charge is 1.89. The lowest BCUT2D eigenvalue weighted by Gasteiger charge is -1.91. The standard InChI is InChI=1S/C9H7ClO2.C5H11Cl.C3H6O/c10-8-4-1-7(2-5-8)3-6-9(11)12;1-2-3-4-5-6;1-3(2)4/h1-6H,(H,11,12);2-5H2,1H3;1-2H3. The molecule has 0 spiro atoms. The van der Waals surface area contributed by atoms with Crippen LogP contribution < -0.4 is 0 Å². The first-order chi connectivity index (χ1) is 10.3. The second kappa shape index (κ2) is 16.1. The number of unbranched alkanes of at least 4 members (excludes halogenated alkanes) is 2. The van der Waals surface area contributed by atoms with Gasteiger partial charge in [-0.2, -0.15) is 0 Å². The first-order valence-corrected chi connectivity index (χ1v) is 7.94. The van der Waals surface area contributed by atoms with Gasteiger partial charge in [0.1, 0.15) is 5.78 Å². The molecule has 0 aromatic heterocycles. The van der Waals surface area contributed by atoms with Crippen LogP contribution in [-0.4, -0.2) is 22.7 Å². The van der Waals surface area contributed by atoms with Crippen molar-refractivity contribution in [2.75, 3.05) is 5.88 Å². The number of benzene rings is 1. The van der Waals surface area contributed by atoms with Crippen LogP contribution in [0.2, 0.25) is 5.02 Å². The number of hydrogen-bond acceptors (Lipinski definition) is 2. The molecule has 0 unspecified atom stereocenters. The van der Waals surface area contributed by atoms with Crippen LogP contribution in [0.1, 0.15) is 45.6 Å². The molecule has 0 bridgehead atoms. The molecular weight excluding hydrogens is 323 g/mol. The van der Waals surface area contributed by atoms with E-state index in [-0.39, 0.29) is 5.78 Å². The second-order valence-corrected chi connectivity index (χ2v) is 5.34. The van der Waals surface area contributed by atoms with Gasteiger partial charge in [-0.3, -0.25) is 0 Å². The highest BCUT2D eigenvalue weighted by Crippen LogP contribution is 2.10. The van der Waals surface area contributed by atoms with Gasteiger partial charge in [0.05, 0.1) is 0 Å². The minimum absolute atomic E-state index is 0.167. The Labute approximate surface area is 142 Å². The molecule has 1 aromatic rings. The Morgan fingerprint density at radius 3 is 1.95 bits per heavy atom. The monoisotopic (exact) mass is 346 g/mol. The molecule has 5 heteroatoms.